The molecule has 4 rings (SSSR count). The molecule has 2 aliphatic rings. The Balaban J connectivity index is 0.00000289. The van der Waals surface area contributed by atoms with Crippen LogP contribution in [0.5, 0.6) is 0 Å². The number of piperazine rings is 1. The third-order valence-corrected chi connectivity index (χ3v) is 5.86. The zero-order valence-corrected chi connectivity index (χ0v) is 21.4. The largest absolute Gasteiger partial charge is 0.357 e. The van der Waals surface area contributed by atoms with Crippen LogP contribution in [-0.4, -0.2) is 74.0 Å². The lowest BCUT2D eigenvalue weighted by atomic mass is 10.2. The molecule has 0 bridgehead atoms. The van der Waals surface area contributed by atoms with Gasteiger partial charge in [-0.05, 0) is 26.2 Å². The highest BCUT2D eigenvalue weighted by Gasteiger charge is 2.27. The number of halogens is 1. The fourth-order valence-electron chi connectivity index (χ4n) is 4.25. The summed E-state index contributed by atoms with van der Waals surface area (Å²) >= 11 is 0. The molecule has 10 nitrogen and oxygen atoms in total. The van der Waals surface area contributed by atoms with Gasteiger partial charge in [-0.1, -0.05) is 6.42 Å². The van der Waals surface area contributed by atoms with Gasteiger partial charge in [-0.15, -0.1) is 34.2 Å². The van der Waals surface area contributed by atoms with Crippen LogP contribution in [0.4, 0.5) is 5.69 Å². The smallest absolute Gasteiger partial charge is 0.246 e. The Labute approximate surface area is 206 Å². The minimum atomic E-state index is 0. The highest BCUT2D eigenvalue weighted by Crippen LogP contribution is 2.17. The van der Waals surface area contributed by atoms with Crippen LogP contribution in [0, 0.1) is 0 Å². The number of carbonyl (C=O) groups excluding carboxylic acids is 1. The van der Waals surface area contributed by atoms with Gasteiger partial charge in [-0.25, -0.2) is 0 Å². The van der Waals surface area contributed by atoms with Crippen molar-refractivity contribution in [2.24, 2.45) is 12.0 Å². The topological polar surface area (TPSA) is 96.5 Å². The SMILES string of the molecule is CCNC(=NCCCc1nnc2n1CCCCC2)N1CCN(c2cnn(C)c2)C(=O)C1.I. The Morgan fingerprint density at radius 2 is 2.06 bits per heavy atom. The Hall–Kier alpha value is -2.18. The first-order chi connectivity index (χ1) is 15.2. The molecule has 4 heterocycles. The summed E-state index contributed by atoms with van der Waals surface area (Å²) in [7, 11) is 1.86. The molecule has 0 radical (unpaired) electrons. The van der Waals surface area contributed by atoms with E-state index in [0.717, 1.165) is 62.2 Å². The Morgan fingerprint density at radius 1 is 1.19 bits per heavy atom. The molecule has 2 aliphatic heterocycles. The van der Waals surface area contributed by atoms with Crippen LogP contribution in [0.3, 0.4) is 0 Å². The lowest BCUT2D eigenvalue weighted by molar-refractivity contribution is -0.120. The minimum absolute atomic E-state index is 0. The van der Waals surface area contributed by atoms with E-state index in [1.54, 1.807) is 15.8 Å². The molecule has 1 saturated heterocycles. The van der Waals surface area contributed by atoms with E-state index < -0.39 is 0 Å². The van der Waals surface area contributed by atoms with Gasteiger partial charge in [-0.3, -0.25) is 14.5 Å². The number of guanidine groups is 1. The number of carbonyl (C=O) groups is 1. The maximum absolute atomic E-state index is 12.7. The van der Waals surface area contributed by atoms with Crippen molar-refractivity contribution in [3.63, 3.8) is 0 Å². The summed E-state index contributed by atoms with van der Waals surface area (Å²) in [6.45, 7) is 6.24. The van der Waals surface area contributed by atoms with E-state index in [-0.39, 0.29) is 29.9 Å². The number of amides is 1. The second-order valence-electron chi connectivity index (χ2n) is 8.17. The third-order valence-electron chi connectivity index (χ3n) is 5.86. The summed E-state index contributed by atoms with van der Waals surface area (Å²) in [5, 5.41) is 16.3. The number of anilines is 1. The first-order valence-electron chi connectivity index (χ1n) is 11.4. The van der Waals surface area contributed by atoms with Crippen molar-refractivity contribution in [1.82, 2.24) is 34.8 Å². The summed E-state index contributed by atoms with van der Waals surface area (Å²) in [4.78, 5) is 21.3. The van der Waals surface area contributed by atoms with Gasteiger partial charge in [0.25, 0.3) is 0 Å². The first kappa shape index (κ1) is 24.5. The van der Waals surface area contributed by atoms with Gasteiger partial charge in [0.2, 0.25) is 5.91 Å². The number of hydrogen-bond donors (Lipinski definition) is 1. The molecule has 2 aromatic rings. The quantitative estimate of drug-likeness (QED) is 0.252. The Morgan fingerprint density at radius 3 is 2.81 bits per heavy atom. The predicted molar refractivity (Wildman–Crippen MR) is 134 cm³/mol. The lowest BCUT2D eigenvalue weighted by Crippen LogP contribution is -2.55. The monoisotopic (exact) mass is 555 g/mol. The maximum Gasteiger partial charge on any atom is 0.246 e. The highest BCUT2D eigenvalue weighted by molar-refractivity contribution is 14.0. The molecule has 0 atom stereocenters. The van der Waals surface area contributed by atoms with Crippen molar-refractivity contribution in [2.45, 2.75) is 52.0 Å². The Kier molecular flexibility index (Phi) is 8.88. The number of fused-ring (bicyclic) bond motifs is 1. The number of aliphatic imine (C=N–C) groups is 1. The second-order valence-corrected chi connectivity index (χ2v) is 8.17. The van der Waals surface area contributed by atoms with Gasteiger partial charge in [0, 0.05) is 58.8 Å². The Bertz CT molecular complexity index is 922. The lowest BCUT2D eigenvalue weighted by Gasteiger charge is -2.35. The first-order valence-corrected chi connectivity index (χ1v) is 11.4. The van der Waals surface area contributed by atoms with Crippen LogP contribution in [0.25, 0.3) is 0 Å². The average Bonchev–Trinajstić information content (AvgIpc) is 3.28. The van der Waals surface area contributed by atoms with E-state index >= 15 is 0 Å². The fourth-order valence-corrected chi connectivity index (χ4v) is 4.25. The van der Waals surface area contributed by atoms with E-state index in [0.29, 0.717) is 19.6 Å². The number of aryl methyl sites for hydroxylation is 3. The molecule has 1 amide bonds. The second kappa shape index (κ2) is 11.6. The van der Waals surface area contributed by atoms with Crippen molar-refractivity contribution in [3.8, 4) is 0 Å². The van der Waals surface area contributed by atoms with Crippen LogP contribution in [-0.2, 0) is 31.2 Å². The van der Waals surface area contributed by atoms with E-state index in [4.69, 9.17) is 4.99 Å². The zero-order chi connectivity index (χ0) is 21.6. The summed E-state index contributed by atoms with van der Waals surface area (Å²) < 4.78 is 4.02. The van der Waals surface area contributed by atoms with Crippen molar-refractivity contribution < 1.29 is 4.79 Å². The molecule has 2 aromatic heterocycles. The summed E-state index contributed by atoms with van der Waals surface area (Å²) in [5.41, 5.74) is 0.849. The number of nitrogens with one attached hydrogen (secondary N) is 1. The highest BCUT2D eigenvalue weighted by atomic mass is 127. The van der Waals surface area contributed by atoms with Gasteiger partial charge in [0.1, 0.15) is 18.2 Å². The normalized spacial score (nSPS) is 17.1. The third kappa shape index (κ3) is 5.78. The van der Waals surface area contributed by atoms with Gasteiger partial charge in [0.05, 0.1) is 11.9 Å². The summed E-state index contributed by atoms with van der Waals surface area (Å²) in [5.74, 6) is 3.09. The molecule has 0 aromatic carbocycles. The predicted octanol–water partition coefficient (Wildman–Crippen LogP) is 1.60. The molecule has 1 fully saturated rings. The summed E-state index contributed by atoms with van der Waals surface area (Å²) in [6, 6.07) is 0. The number of rotatable bonds is 6. The van der Waals surface area contributed by atoms with Crippen molar-refractivity contribution in [3.05, 3.63) is 24.0 Å². The minimum Gasteiger partial charge on any atom is -0.357 e. The molecule has 1 N–H and O–H groups in total. The van der Waals surface area contributed by atoms with Crippen LogP contribution >= 0.6 is 24.0 Å². The van der Waals surface area contributed by atoms with Crippen molar-refractivity contribution in [1.29, 1.82) is 0 Å². The zero-order valence-electron chi connectivity index (χ0n) is 19.0. The van der Waals surface area contributed by atoms with E-state index in [2.05, 4.69) is 32.1 Å². The van der Waals surface area contributed by atoms with Gasteiger partial charge in [0.15, 0.2) is 5.96 Å². The molecule has 0 unspecified atom stereocenters. The molecule has 0 saturated carbocycles. The number of aromatic nitrogens is 5. The van der Waals surface area contributed by atoms with Gasteiger partial charge < -0.3 is 19.7 Å². The molecule has 11 heteroatoms. The van der Waals surface area contributed by atoms with Crippen LogP contribution in [0.15, 0.2) is 17.4 Å². The maximum atomic E-state index is 12.7. The van der Waals surface area contributed by atoms with E-state index in [1.165, 1.54) is 19.3 Å². The van der Waals surface area contributed by atoms with Crippen molar-refractivity contribution >= 4 is 41.5 Å². The average molecular weight is 555 g/mol. The van der Waals surface area contributed by atoms with E-state index in [9.17, 15) is 4.79 Å². The number of nitrogens with zero attached hydrogens (tertiary/aromatic N) is 8. The summed E-state index contributed by atoms with van der Waals surface area (Å²) in [6.07, 6.45) is 10.1. The van der Waals surface area contributed by atoms with Gasteiger partial charge in [-0.2, -0.15) is 5.10 Å². The van der Waals surface area contributed by atoms with Crippen LogP contribution in [0.2, 0.25) is 0 Å². The number of hydrogen-bond acceptors (Lipinski definition) is 5. The van der Waals surface area contributed by atoms with E-state index in [1.807, 2.05) is 18.1 Å². The molecular formula is C21H34IN9O. The van der Waals surface area contributed by atoms with Crippen LogP contribution in [0.1, 0.15) is 44.3 Å². The van der Waals surface area contributed by atoms with Gasteiger partial charge >= 0.3 is 0 Å². The van der Waals surface area contributed by atoms with Crippen molar-refractivity contribution in [2.75, 3.05) is 37.6 Å². The molecule has 0 aliphatic carbocycles. The van der Waals surface area contributed by atoms with Crippen LogP contribution < -0.4 is 10.2 Å². The molecule has 32 heavy (non-hydrogen) atoms. The molecule has 0 spiro atoms. The standard InChI is InChI=1S/C21H33N9O.HI/c1-3-22-21(28-12-13-29(20(31)16-28)17-14-24-27(2)15-17)23-10-7-9-19-26-25-18-8-5-4-6-11-30(18)19;/h14-15H,3-13,16H2,1-2H3,(H,22,23);1H. The molecule has 176 valence electrons. The molecular weight excluding hydrogens is 521 g/mol. The fraction of sp³-hybridized carbons (Fsp3) is 0.667.